The molecule has 1 aliphatic heterocycles. The van der Waals surface area contributed by atoms with Crippen LogP contribution in [-0.4, -0.2) is 49.8 Å². The van der Waals surface area contributed by atoms with E-state index in [2.05, 4.69) is 24.1 Å². The van der Waals surface area contributed by atoms with Gasteiger partial charge in [-0.3, -0.25) is 4.90 Å². The second-order valence-electron chi connectivity index (χ2n) is 6.42. The van der Waals surface area contributed by atoms with Crippen molar-refractivity contribution < 1.29 is 4.74 Å². The second-order valence-corrected chi connectivity index (χ2v) is 6.42. The van der Waals surface area contributed by atoms with Crippen molar-refractivity contribution in [1.82, 2.24) is 10.2 Å². The van der Waals surface area contributed by atoms with Gasteiger partial charge >= 0.3 is 0 Å². The van der Waals surface area contributed by atoms with Crippen molar-refractivity contribution in [2.24, 2.45) is 5.92 Å². The number of nitrogens with one attached hydrogen (secondary N) is 1. The Balaban J connectivity index is 2.14. The van der Waals surface area contributed by atoms with Crippen LogP contribution in [-0.2, 0) is 4.74 Å². The zero-order valence-electron chi connectivity index (χ0n) is 12.4. The summed E-state index contributed by atoms with van der Waals surface area (Å²) < 4.78 is 5.49. The first-order valence-corrected chi connectivity index (χ1v) is 7.66. The summed E-state index contributed by atoms with van der Waals surface area (Å²) in [5, 5.41) is 3.63. The molecule has 0 aromatic carbocycles. The number of methoxy groups -OCH3 is 1. The molecule has 2 aliphatic rings. The van der Waals surface area contributed by atoms with Crippen LogP contribution in [0.25, 0.3) is 0 Å². The van der Waals surface area contributed by atoms with Crippen LogP contribution in [0.4, 0.5) is 0 Å². The standard InChI is InChI=1S/C15H30N2O/c1-13(2)14(11-18-3)17-10-9-16-12-15(17)7-5-4-6-8-15/h13-14,16H,4-12H2,1-3H3. The molecule has 2 rings (SSSR count). The van der Waals surface area contributed by atoms with Gasteiger partial charge in [0.2, 0.25) is 0 Å². The lowest BCUT2D eigenvalue weighted by Crippen LogP contribution is -2.66. The molecule has 2 fully saturated rings. The molecule has 1 saturated carbocycles. The van der Waals surface area contributed by atoms with E-state index in [1.165, 1.54) is 45.2 Å². The molecule has 1 N–H and O–H groups in total. The first-order valence-electron chi connectivity index (χ1n) is 7.66. The fourth-order valence-electron chi connectivity index (χ4n) is 3.86. The van der Waals surface area contributed by atoms with Crippen molar-refractivity contribution in [3.8, 4) is 0 Å². The van der Waals surface area contributed by atoms with E-state index in [9.17, 15) is 0 Å². The van der Waals surface area contributed by atoms with Gasteiger partial charge in [0.15, 0.2) is 0 Å². The van der Waals surface area contributed by atoms with E-state index in [4.69, 9.17) is 4.74 Å². The van der Waals surface area contributed by atoms with Gasteiger partial charge in [0.05, 0.1) is 6.61 Å². The van der Waals surface area contributed by atoms with Gasteiger partial charge in [-0.1, -0.05) is 33.1 Å². The Morgan fingerprint density at radius 1 is 1.22 bits per heavy atom. The Morgan fingerprint density at radius 3 is 2.56 bits per heavy atom. The van der Waals surface area contributed by atoms with Gasteiger partial charge in [0.25, 0.3) is 0 Å². The average Bonchev–Trinajstić information content (AvgIpc) is 2.38. The highest BCUT2D eigenvalue weighted by Gasteiger charge is 2.43. The highest BCUT2D eigenvalue weighted by molar-refractivity contribution is 5.00. The summed E-state index contributed by atoms with van der Waals surface area (Å²) in [5.74, 6) is 0.668. The fourth-order valence-corrected chi connectivity index (χ4v) is 3.86. The molecule has 3 nitrogen and oxygen atoms in total. The van der Waals surface area contributed by atoms with Gasteiger partial charge in [0.1, 0.15) is 0 Å². The number of rotatable bonds is 4. The lowest BCUT2D eigenvalue weighted by Gasteiger charge is -2.54. The second kappa shape index (κ2) is 6.36. The molecule has 18 heavy (non-hydrogen) atoms. The third kappa shape index (κ3) is 2.89. The molecule has 0 aromatic heterocycles. The predicted octanol–water partition coefficient (Wildman–Crippen LogP) is 2.27. The third-order valence-corrected chi connectivity index (χ3v) is 4.88. The van der Waals surface area contributed by atoms with Crippen LogP contribution < -0.4 is 5.32 Å². The topological polar surface area (TPSA) is 24.5 Å². The van der Waals surface area contributed by atoms with Crippen LogP contribution in [0.15, 0.2) is 0 Å². The maximum Gasteiger partial charge on any atom is 0.0620 e. The summed E-state index contributed by atoms with van der Waals surface area (Å²) in [6, 6.07) is 0.579. The maximum absolute atomic E-state index is 5.49. The first kappa shape index (κ1) is 14.3. The number of hydrogen-bond donors (Lipinski definition) is 1. The van der Waals surface area contributed by atoms with Crippen molar-refractivity contribution >= 4 is 0 Å². The normalized spacial score (nSPS) is 26.7. The Labute approximate surface area is 112 Å². The molecule has 1 aliphatic carbocycles. The summed E-state index contributed by atoms with van der Waals surface area (Å²) in [6.07, 6.45) is 6.96. The number of ether oxygens (including phenoxy) is 1. The van der Waals surface area contributed by atoms with Crippen LogP contribution in [0.3, 0.4) is 0 Å². The van der Waals surface area contributed by atoms with Crippen LogP contribution in [0.5, 0.6) is 0 Å². The Kier molecular flexibility index (Phi) is 5.05. The maximum atomic E-state index is 5.49. The van der Waals surface area contributed by atoms with E-state index in [-0.39, 0.29) is 0 Å². The van der Waals surface area contributed by atoms with Crippen LogP contribution >= 0.6 is 0 Å². The molecular formula is C15H30N2O. The first-order chi connectivity index (χ1) is 8.69. The molecule has 0 bridgehead atoms. The molecule has 0 amide bonds. The average molecular weight is 254 g/mol. The minimum absolute atomic E-state index is 0.421. The van der Waals surface area contributed by atoms with Crippen molar-refractivity contribution in [3.05, 3.63) is 0 Å². The summed E-state index contributed by atoms with van der Waals surface area (Å²) in [6.45, 7) is 9.05. The van der Waals surface area contributed by atoms with Crippen molar-refractivity contribution in [3.63, 3.8) is 0 Å². The number of hydrogen-bond acceptors (Lipinski definition) is 3. The highest BCUT2D eigenvalue weighted by atomic mass is 16.5. The lowest BCUT2D eigenvalue weighted by molar-refractivity contribution is -0.0466. The minimum atomic E-state index is 0.421. The van der Waals surface area contributed by atoms with E-state index in [0.29, 0.717) is 17.5 Å². The van der Waals surface area contributed by atoms with Crippen LogP contribution in [0.1, 0.15) is 46.0 Å². The van der Waals surface area contributed by atoms with Crippen molar-refractivity contribution in [1.29, 1.82) is 0 Å². The molecule has 0 radical (unpaired) electrons. The van der Waals surface area contributed by atoms with Gasteiger partial charge in [-0.2, -0.15) is 0 Å². The monoisotopic (exact) mass is 254 g/mol. The summed E-state index contributed by atoms with van der Waals surface area (Å²) in [5.41, 5.74) is 0.421. The van der Waals surface area contributed by atoms with Gasteiger partial charge in [0, 0.05) is 38.3 Å². The Bertz CT molecular complexity index is 241. The van der Waals surface area contributed by atoms with E-state index >= 15 is 0 Å². The molecular weight excluding hydrogens is 224 g/mol. The summed E-state index contributed by atoms with van der Waals surface area (Å²) >= 11 is 0. The Hall–Kier alpha value is -0.120. The molecule has 1 unspecified atom stereocenters. The molecule has 1 heterocycles. The molecule has 1 atom stereocenters. The predicted molar refractivity (Wildman–Crippen MR) is 75.9 cm³/mol. The summed E-state index contributed by atoms with van der Waals surface area (Å²) in [7, 11) is 1.84. The van der Waals surface area contributed by atoms with E-state index in [1.54, 1.807) is 0 Å². The van der Waals surface area contributed by atoms with E-state index in [1.807, 2.05) is 7.11 Å². The minimum Gasteiger partial charge on any atom is -0.383 e. The van der Waals surface area contributed by atoms with Gasteiger partial charge < -0.3 is 10.1 Å². The van der Waals surface area contributed by atoms with Gasteiger partial charge in [-0.25, -0.2) is 0 Å². The SMILES string of the molecule is COCC(C(C)C)N1CCNCC12CCCCC2. The molecule has 106 valence electrons. The molecule has 3 heteroatoms. The lowest BCUT2D eigenvalue weighted by atomic mass is 9.77. The zero-order valence-corrected chi connectivity index (χ0v) is 12.4. The van der Waals surface area contributed by atoms with E-state index in [0.717, 1.165) is 13.2 Å². The highest BCUT2D eigenvalue weighted by Crippen LogP contribution is 2.37. The van der Waals surface area contributed by atoms with Crippen molar-refractivity contribution in [2.45, 2.75) is 57.5 Å². The zero-order chi connectivity index (χ0) is 13.0. The fraction of sp³-hybridized carbons (Fsp3) is 1.00. The van der Waals surface area contributed by atoms with Gasteiger partial charge in [-0.05, 0) is 18.8 Å². The number of nitrogens with zero attached hydrogens (tertiary/aromatic N) is 1. The molecule has 1 spiro atoms. The molecule has 1 saturated heterocycles. The van der Waals surface area contributed by atoms with Crippen LogP contribution in [0, 0.1) is 5.92 Å². The quantitative estimate of drug-likeness (QED) is 0.833. The largest absolute Gasteiger partial charge is 0.383 e. The van der Waals surface area contributed by atoms with E-state index < -0.39 is 0 Å². The summed E-state index contributed by atoms with van der Waals surface area (Å²) in [4.78, 5) is 2.79. The smallest absolute Gasteiger partial charge is 0.0620 e. The van der Waals surface area contributed by atoms with Crippen LogP contribution in [0.2, 0.25) is 0 Å². The van der Waals surface area contributed by atoms with Gasteiger partial charge in [-0.15, -0.1) is 0 Å². The third-order valence-electron chi connectivity index (χ3n) is 4.88. The number of piperazine rings is 1. The van der Waals surface area contributed by atoms with Crippen molar-refractivity contribution in [2.75, 3.05) is 33.4 Å². The molecule has 0 aromatic rings. The Morgan fingerprint density at radius 2 is 1.94 bits per heavy atom.